The molecule has 1 N–H and O–H groups in total. The molecule has 1 aliphatic rings. The molecule has 156 valence electrons. The molecule has 1 atom stereocenters. The first-order valence-corrected chi connectivity index (χ1v) is 11.5. The van der Waals surface area contributed by atoms with E-state index in [1.165, 1.54) is 22.8 Å². The van der Waals surface area contributed by atoms with E-state index in [9.17, 15) is 18.0 Å². The van der Waals surface area contributed by atoms with E-state index < -0.39 is 21.9 Å². The Bertz CT molecular complexity index is 1030. The summed E-state index contributed by atoms with van der Waals surface area (Å²) in [6, 6.07) is 8.30. The Labute approximate surface area is 174 Å². The number of methoxy groups -OCH3 is 1. The Hall–Kier alpha value is -2.23. The summed E-state index contributed by atoms with van der Waals surface area (Å²) in [5, 5.41) is 2.87. The van der Waals surface area contributed by atoms with Gasteiger partial charge in [-0.1, -0.05) is 0 Å². The molecular weight excluding hydrogens is 412 g/mol. The average Bonchev–Trinajstić information content (AvgIpc) is 3.16. The fourth-order valence-corrected chi connectivity index (χ4v) is 6.30. The molecule has 1 aromatic carbocycles. The predicted molar refractivity (Wildman–Crippen MR) is 112 cm³/mol. The van der Waals surface area contributed by atoms with Crippen molar-refractivity contribution in [2.75, 3.05) is 25.5 Å². The second-order valence-electron chi connectivity index (χ2n) is 7.08. The third kappa shape index (κ3) is 4.68. The first-order chi connectivity index (χ1) is 13.7. The maximum atomic E-state index is 12.9. The third-order valence-electron chi connectivity index (χ3n) is 4.97. The fraction of sp³-hybridized carbons (Fsp3) is 0.400. The fourth-order valence-electron chi connectivity index (χ4n) is 3.34. The zero-order valence-corrected chi connectivity index (χ0v) is 18.2. The van der Waals surface area contributed by atoms with Gasteiger partial charge in [-0.2, -0.15) is 4.31 Å². The SMILES string of the molecule is COC(=O)c1ccc(NC(=O)C2CCCN(S(=O)(=O)c3ccc(C)s3)C2)c(C)c1. The minimum absolute atomic E-state index is 0.157. The molecule has 7 nitrogen and oxygen atoms in total. The number of nitrogens with one attached hydrogen (secondary N) is 1. The topological polar surface area (TPSA) is 92.8 Å². The lowest BCUT2D eigenvalue weighted by molar-refractivity contribution is -0.120. The summed E-state index contributed by atoms with van der Waals surface area (Å²) in [4.78, 5) is 25.3. The molecular formula is C20H24N2O5S2. The van der Waals surface area contributed by atoms with Crippen LogP contribution in [0.1, 0.15) is 33.6 Å². The smallest absolute Gasteiger partial charge is 0.337 e. The Morgan fingerprint density at radius 3 is 2.59 bits per heavy atom. The lowest BCUT2D eigenvalue weighted by Crippen LogP contribution is -2.43. The summed E-state index contributed by atoms with van der Waals surface area (Å²) in [6.45, 7) is 4.23. The highest BCUT2D eigenvalue weighted by Gasteiger charge is 2.34. The van der Waals surface area contributed by atoms with Crippen molar-refractivity contribution < 1.29 is 22.7 Å². The maximum absolute atomic E-state index is 12.9. The zero-order valence-electron chi connectivity index (χ0n) is 16.6. The van der Waals surface area contributed by atoms with E-state index in [4.69, 9.17) is 4.74 Å². The van der Waals surface area contributed by atoms with Crippen LogP contribution in [0.4, 0.5) is 5.69 Å². The van der Waals surface area contributed by atoms with E-state index >= 15 is 0 Å². The number of nitrogens with zero attached hydrogens (tertiary/aromatic N) is 1. The van der Waals surface area contributed by atoms with Gasteiger partial charge in [-0.3, -0.25) is 4.79 Å². The van der Waals surface area contributed by atoms with Crippen molar-refractivity contribution in [1.29, 1.82) is 0 Å². The zero-order chi connectivity index (χ0) is 21.2. The van der Waals surface area contributed by atoms with Crippen molar-refractivity contribution in [3.8, 4) is 0 Å². The van der Waals surface area contributed by atoms with E-state index in [1.54, 1.807) is 37.3 Å². The van der Waals surface area contributed by atoms with Crippen molar-refractivity contribution >= 4 is 38.9 Å². The van der Waals surface area contributed by atoms with E-state index in [0.717, 1.165) is 10.4 Å². The highest BCUT2D eigenvalue weighted by Crippen LogP contribution is 2.29. The molecule has 1 amide bonds. The molecule has 1 saturated heterocycles. The third-order valence-corrected chi connectivity index (χ3v) is 8.30. The lowest BCUT2D eigenvalue weighted by Gasteiger charge is -2.31. The van der Waals surface area contributed by atoms with Crippen LogP contribution in [-0.4, -0.2) is 44.8 Å². The molecule has 29 heavy (non-hydrogen) atoms. The van der Waals surface area contributed by atoms with Crippen molar-refractivity contribution in [1.82, 2.24) is 4.31 Å². The van der Waals surface area contributed by atoms with E-state index in [0.29, 0.717) is 34.8 Å². The van der Waals surface area contributed by atoms with Crippen molar-refractivity contribution in [2.24, 2.45) is 5.92 Å². The van der Waals surface area contributed by atoms with Gasteiger partial charge in [0.1, 0.15) is 4.21 Å². The molecule has 0 aliphatic carbocycles. The van der Waals surface area contributed by atoms with Crippen molar-refractivity contribution in [3.05, 3.63) is 46.3 Å². The number of hydrogen-bond acceptors (Lipinski definition) is 6. The minimum Gasteiger partial charge on any atom is -0.465 e. The van der Waals surface area contributed by atoms with Gasteiger partial charge >= 0.3 is 5.97 Å². The first kappa shape index (κ1) is 21.5. The van der Waals surface area contributed by atoms with Gasteiger partial charge in [0, 0.05) is 23.7 Å². The minimum atomic E-state index is -3.59. The van der Waals surface area contributed by atoms with Crippen LogP contribution >= 0.6 is 11.3 Å². The maximum Gasteiger partial charge on any atom is 0.337 e. The molecule has 2 aromatic rings. The van der Waals surface area contributed by atoms with Crippen LogP contribution < -0.4 is 5.32 Å². The summed E-state index contributed by atoms with van der Waals surface area (Å²) >= 11 is 1.24. The highest BCUT2D eigenvalue weighted by molar-refractivity contribution is 7.91. The molecule has 3 rings (SSSR count). The molecule has 0 saturated carbocycles. The number of rotatable bonds is 5. The van der Waals surface area contributed by atoms with Gasteiger partial charge in [0.05, 0.1) is 18.6 Å². The number of thiophene rings is 1. The summed E-state index contributed by atoms with van der Waals surface area (Å²) in [6.07, 6.45) is 1.25. The molecule has 9 heteroatoms. The van der Waals surface area contributed by atoms with Crippen LogP contribution in [0.2, 0.25) is 0 Å². The summed E-state index contributed by atoms with van der Waals surface area (Å²) in [7, 11) is -2.27. The molecule has 2 heterocycles. The number of sulfonamides is 1. The number of hydrogen-bond donors (Lipinski definition) is 1. The number of carbonyl (C=O) groups excluding carboxylic acids is 2. The predicted octanol–water partition coefficient (Wildman–Crippen LogP) is 3.19. The number of aryl methyl sites for hydroxylation is 2. The quantitative estimate of drug-likeness (QED) is 0.727. The molecule has 0 bridgehead atoms. The molecule has 1 aromatic heterocycles. The molecule has 1 fully saturated rings. The average molecular weight is 437 g/mol. The van der Waals surface area contributed by atoms with Gasteiger partial charge in [-0.25, -0.2) is 13.2 Å². The van der Waals surface area contributed by atoms with Crippen LogP contribution in [-0.2, 0) is 19.6 Å². The molecule has 1 aliphatic heterocycles. The monoisotopic (exact) mass is 436 g/mol. The first-order valence-electron chi connectivity index (χ1n) is 9.29. The van der Waals surface area contributed by atoms with Gasteiger partial charge < -0.3 is 10.1 Å². The standard InChI is InChI=1S/C20H24N2O5S2/c1-13-11-15(20(24)27-3)7-8-17(13)21-19(23)16-5-4-10-22(12-16)29(25,26)18-9-6-14(2)28-18/h6-9,11,16H,4-5,10,12H2,1-3H3,(H,21,23). The van der Waals surface area contributed by atoms with Crippen LogP contribution in [0.5, 0.6) is 0 Å². The summed E-state index contributed by atoms with van der Waals surface area (Å²) in [5.74, 6) is -1.09. The van der Waals surface area contributed by atoms with Crippen LogP contribution in [0.3, 0.4) is 0 Å². The largest absolute Gasteiger partial charge is 0.465 e. The van der Waals surface area contributed by atoms with Crippen LogP contribution in [0.15, 0.2) is 34.5 Å². The lowest BCUT2D eigenvalue weighted by atomic mass is 9.98. The normalized spacial score (nSPS) is 17.7. The second kappa shape index (κ2) is 8.64. The molecule has 0 radical (unpaired) electrons. The number of esters is 1. The van der Waals surface area contributed by atoms with E-state index in [2.05, 4.69) is 5.32 Å². The Morgan fingerprint density at radius 2 is 1.97 bits per heavy atom. The second-order valence-corrected chi connectivity index (χ2v) is 10.5. The van der Waals surface area contributed by atoms with Gasteiger partial charge in [-0.05, 0) is 62.6 Å². The van der Waals surface area contributed by atoms with Crippen LogP contribution in [0, 0.1) is 19.8 Å². The van der Waals surface area contributed by atoms with Crippen molar-refractivity contribution in [2.45, 2.75) is 30.9 Å². The number of benzene rings is 1. The van der Waals surface area contributed by atoms with Gasteiger partial charge in [-0.15, -0.1) is 11.3 Å². The van der Waals surface area contributed by atoms with Gasteiger partial charge in [0.2, 0.25) is 5.91 Å². The van der Waals surface area contributed by atoms with E-state index in [-0.39, 0.29) is 12.5 Å². The summed E-state index contributed by atoms with van der Waals surface area (Å²) < 4.78 is 32.2. The number of piperidine rings is 1. The van der Waals surface area contributed by atoms with Gasteiger partial charge in [0.25, 0.3) is 10.0 Å². The highest BCUT2D eigenvalue weighted by atomic mass is 32.2. The number of carbonyl (C=O) groups is 2. The Kier molecular flexibility index (Phi) is 6.40. The molecule has 0 spiro atoms. The molecule has 1 unspecified atom stereocenters. The number of amides is 1. The number of ether oxygens (including phenoxy) is 1. The Balaban J connectivity index is 1.71. The van der Waals surface area contributed by atoms with Crippen LogP contribution in [0.25, 0.3) is 0 Å². The van der Waals surface area contributed by atoms with Crippen molar-refractivity contribution in [3.63, 3.8) is 0 Å². The summed E-state index contributed by atoms with van der Waals surface area (Å²) in [5.41, 5.74) is 1.73. The van der Waals surface area contributed by atoms with E-state index in [1.807, 2.05) is 6.92 Å². The van der Waals surface area contributed by atoms with Gasteiger partial charge in [0.15, 0.2) is 0 Å². The number of anilines is 1. The Morgan fingerprint density at radius 1 is 1.21 bits per heavy atom.